The molecule has 1 N–H and O–H groups in total. The fourth-order valence-corrected chi connectivity index (χ4v) is 2.58. The Balaban J connectivity index is 2.60. The minimum Gasteiger partial charge on any atom is -0.507 e. The smallest absolute Gasteiger partial charge is 0.132 e. The lowest BCUT2D eigenvalue weighted by Crippen LogP contribution is -1.90. The largest absolute Gasteiger partial charge is 0.507 e. The molecule has 0 saturated heterocycles. The number of phenolic OH excluding ortho intramolecular Hbond substituents is 1. The Hall–Kier alpha value is -0.250. The average Bonchev–Trinajstić information content (AvgIpc) is 2.19. The number of aromatic hydroxyl groups is 1. The van der Waals surface area contributed by atoms with E-state index in [0.29, 0.717) is 5.75 Å². The van der Waals surface area contributed by atoms with E-state index < -0.39 is 0 Å². The molecule has 0 amide bonds. The van der Waals surface area contributed by atoms with Crippen molar-refractivity contribution in [3.8, 4) is 5.75 Å². The zero-order valence-electron chi connectivity index (χ0n) is 9.52. The summed E-state index contributed by atoms with van der Waals surface area (Å²) in [6.45, 7) is 4.30. The van der Waals surface area contributed by atoms with Crippen LogP contribution >= 0.6 is 22.6 Å². The zero-order valence-corrected chi connectivity index (χ0v) is 11.7. The first-order chi connectivity index (χ1) is 7.15. The summed E-state index contributed by atoms with van der Waals surface area (Å²) >= 11 is 2.19. The number of unbranched alkanes of at least 4 members (excludes halogenated alkanes) is 3. The average molecular weight is 318 g/mol. The molecule has 0 unspecified atom stereocenters. The molecule has 0 aliphatic heterocycles. The summed E-state index contributed by atoms with van der Waals surface area (Å²) in [7, 11) is 0. The Morgan fingerprint density at radius 1 is 1.20 bits per heavy atom. The van der Waals surface area contributed by atoms with Gasteiger partial charge in [0.2, 0.25) is 0 Å². The molecular formula is C13H19IO. The minimum atomic E-state index is 0.484. The van der Waals surface area contributed by atoms with Gasteiger partial charge in [-0.05, 0) is 59.5 Å². The van der Waals surface area contributed by atoms with E-state index in [1.165, 1.54) is 31.2 Å². The third-order valence-corrected chi connectivity index (χ3v) is 3.41. The minimum absolute atomic E-state index is 0.484. The Bertz CT molecular complexity index is 321. The number of halogens is 1. The van der Waals surface area contributed by atoms with Gasteiger partial charge >= 0.3 is 0 Å². The van der Waals surface area contributed by atoms with Gasteiger partial charge in [-0.15, -0.1) is 0 Å². The van der Waals surface area contributed by atoms with E-state index in [1.807, 2.05) is 6.07 Å². The molecule has 0 heterocycles. The summed E-state index contributed by atoms with van der Waals surface area (Å²) in [4.78, 5) is 0. The number of hydrogen-bond donors (Lipinski definition) is 1. The van der Waals surface area contributed by atoms with Crippen LogP contribution in [0.1, 0.15) is 43.7 Å². The molecule has 0 aromatic heterocycles. The molecule has 0 aliphatic rings. The van der Waals surface area contributed by atoms with Gasteiger partial charge in [-0.1, -0.05) is 32.3 Å². The Morgan fingerprint density at radius 2 is 1.93 bits per heavy atom. The van der Waals surface area contributed by atoms with Gasteiger partial charge in [-0.3, -0.25) is 0 Å². The van der Waals surface area contributed by atoms with E-state index >= 15 is 0 Å². The molecule has 0 fully saturated rings. The Labute approximate surface area is 106 Å². The summed E-state index contributed by atoms with van der Waals surface area (Å²) in [6, 6.07) is 4.12. The molecule has 84 valence electrons. The zero-order chi connectivity index (χ0) is 11.3. The van der Waals surface area contributed by atoms with Crippen LogP contribution in [-0.4, -0.2) is 5.11 Å². The van der Waals surface area contributed by atoms with Crippen LogP contribution < -0.4 is 0 Å². The van der Waals surface area contributed by atoms with Crippen LogP contribution in [0.2, 0.25) is 0 Å². The molecule has 15 heavy (non-hydrogen) atoms. The Morgan fingerprint density at radius 3 is 2.60 bits per heavy atom. The molecule has 1 aromatic carbocycles. The topological polar surface area (TPSA) is 20.2 Å². The molecule has 2 heteroatoms. The van der Waals surface area contributed by atoms with Crippen LogP contribution in [0.25, 0.3) is 0 Å². The third-order valence-electron chi connectivity index (χ3n) is 2.59. The highest BCUT2D eigenvalue weighted by molar-refractivity contribution is 14.1. The van der Waals surface area contributed by atoms with Crippen molar-refractivity contribution in [3.63, 3.8) is 0 Å². The van der Waals surface area contributed by atoms with Gasteiger partial charge in [-0.2, -0.15) is 0 Å². The molecule has 0 spiro atoms. The molecule has 0 bridgehead atoms. The SMILES string of the molecule is CCCCCCc1cc(C)cc(I)c1O. The highest BCUT2D eigenvalue weighted by atomic mass is 127. The second-order valence-electron chi connectivity index (χ2n) is 4.07. The van der Waals surface area contributed by atoms with Crippen LogP contribution in [0.4, 0.5) is 0 Å². The quantitative estimate of drug-likeness (QED) is 0.629. The predicted octanol–water partition coefficient (Wildman–Crippen LogP) is 4.43. The third kappa shape index (κ3) is 4.01. The van der Waals surface area contributed by atoms with Gasteiger partial charge in [0.05, 0.1) is 3.57 Å². The van der Waals surface area contributed by atoms with E-state index in [4.69, 9.17) is 0 Å². The van der Waals surface area contributed by atoms with Gasteiger partial charge in [0.25, 0.3) is 0 Å². The lowest BCUT2D eigenvalue weighted by Gasteiger charge is -2.07. The summed E-state index contributed by atoms with van der Waals surface area (Å²) in [5.74, 6) is 0.484. The predicted molar refractivity (Wildman–Crippen MR) is 73.4 cm³/mol. The standard InChI is InChI=1S/C13H19IO/c1-3-4-5-6-7-11-8-10(2)9-12(14)13(11)15/h8-9,15H,3-7H2,1-2H3. The van der Waals surface area contributed by atoms with Gasteiger partial charge in [0, 0.05) is 0 Å². The molecule has 0 aliphatic carbocycles. The van der Waals surface area contributed by atoms with Crippen molar-refractivity contribution >= 4 is 22.6 Å². The highest BCUT2D eigenvalue weighted by Crippen LogP contribution is 2.27. The molecule has 0 radical (unpaired) electrons. The normalized spacial score (nSPS) is 10.6. The van der Waals surface area contributed by atoms with Crippen LogP contribution in [0.5, 0.6) is 5.75 Å². The van der Waals surface area contributed by atoms with Crippen LogP contribution in [-0.2, 0) is 6.42 Å². The molecular weight excluding hydrogens is 299 g/mol. The molecule has 1 rings (SSSR count). The highest BCUT2D eigenvalue weighted by Gasteiger charge is 2.05. The molecule has 1 aromatic rings. The molecule has 1 nitrogen and oxygen atoms in total. The summed E-state index contributed by atoms with van der Waals surface area (Å²) in [5, 5.41) is 9.87. The first-order valence-electron chi connectivity index (χ1n) is 5.63. The van der Waals surface area contributed by atoms with Crippen molar-refractivity contribution in [1.82, 2.24) is 0 Å². The summed E-state index contributed by atoms with van der Waals surface area (Å²) in [6.07, 6.45) is 6.01. The fourth-order valence-electron chi connectivity index (χ4n) is 1.74. The van der Waals surface area contributed by atoms with Crippen LogP contribution in [0.15, 0.2) is 12.1 Å². The lowest BCUT2D eigenvalue weighted by molar-refractivity contribution is 0.462. The number of benzene rings is 1. The number of aryl methyl sites for hydroxylation is 2. The second-order valence-corrected chi connectivity index (χ2v) is 5.23. The van der Waals surface area contributed by atoms with Gasteiger partial charge in [-0.25, -0.2) is 0 Å². The summed E-state index contributed by atoms with van der Waals surface area (Å²) < 4.78 is 0.970. The first-order valence-corrected chi connectivity index (χ1v) is 6.71. The Kier molecular flexibility index (Phi) is 5.43. The monoisotopic (exact) mass is 318 g/mol. The lowest BCUT2D eigenvalue weighted by atomic mass is 10.0. The van der Waals surface area contributed by atoms with E-state index in [2.05, 4.69) is 42.5 Å². The van der Waals surface area contributed by atoms with Gasteiger partial charge in [0.1, 0.15) is 5.75 Å². The van der Waals surface area contributed by atoms with Crippen molar-refractivity contribution in [1.29, 1.82) is 0 Å². The van der Waals surface area contributed by atoms with Crippen molar-refractivity contribution in [2.75, 3.05) is 0 Å². The van der Waals surface area contributed by atoms with E-state index in [0.717, 1.165) is 15.6 Å². The van der Waals surface area contributed by atoms with Crippen molar-refractivity contribution in [2.45, 2.75) is 46.0 Å². The maximum absolute atomic E-state index is 9.87. The maximum Gasteiger partial charge on any atom is 0.132 e. The van der Waals surface area contributed by atoms with Crippen LogP contribution in [0.3, 0.4) is 0 Å². The van der Waals surface area contributed by atoms with E-state index in [1.54, 1.807) is 0 Å². The molecule has 0 saturated carbocycles. The van der Waals surface area contributed by atoms with Crippen molar-refractivity contribution in [3.05, 3.63) is 26.8 Å². The number of rotatable bonds is 5. The van der Waals surface area contributed by atoms with Gasteiger partial charge in [0.15, 0.2) is 0 Å². The maximum atomic E-state index is 9.87. The first kappa shape index (κ1) is 12.8. The van der Waals surface area contributed by atoms with Gasteiger partial charge < -0.3 is 5.11 Å². The second kappa shape index (κ2) is 6.36. The van der Waals surface area contributed by atoms with Crippen molar-refractivity contribution < 1.29 is 5.11 Å². The number of phenols is 1. The fraction of sp³-hybridized carbons (Fsp3) is 0.538. The van der Waals surface area contributed by atoms with E-state index in [9.17, 15) is 5.11 Å². The summed E-state index contributed by atoms with van der Waals surface area (Å²) in [5.41, 5.74) is 2.35. The van der Waals surface area contributed by atoms with Crippen LogP contribution in [0, 0.1) is 10.5 Å². The van der Waals surface area contributed by atoms with Crippen molar-refractivity contribution in [2.24, 2.45) is 0 Å². The number of hydrogen-bond acceptors (Lipinski definition) is 1. The molecule has 0 atom stereocenters. The van der Waals surface area contributed by atoms with E-state index in [-0.39, 0.29) is 0 Å².